The van der Waals surface area contributed by atoms with Gasteiger partial charge in [-0.3, -0.25) is 9.78 Å². The van der Waals surface area contributed by atoms with E-state index in [0.717, 1.165) is 15.9 Å². The Morgan fingerprint density at radius 1 is 1.32 bits per heavy atom. The summed E-state index contributed by atoms with van der Waals surface area (Å²) >= 11 is 1.53. The second-order valence-electron chi connectivity index (χ2n) is 3.95. The highest BCUT2D eigenvalue weighted by molar-refractivity contribution is 7.16. The average Bonchev–Trinajstić information content (AvgIpc) is 2.86. The predicted molar refractivity (Wildman–Crippen MR) is 76.2 cm³/mol. The molecule has 19 heavy (non-hydrogen) atoms. The molecule has 2 aromatic heterocycles. The number of nitrogens with two attached hydrogens (primary N) is 1. The molecule has 0 saturated heterocycles. The minimum Gasteiger partial charge on any atom is -0.397 e. The van der Waals surface area contributed by atoms with Crippen molar-refractivity contribution in [2.75, 3.05) is 11.1 Å². The second kappa shape index (κ2) is 4.66. The standard InChI is InChI=1S/C13H10N4OS/c14-10-6-15-4-3-9(10)13(18)17-8-1-2-11-12(5-8)19-7-16-11/h1-7H,14H2,(H,17,18). The average molecular weight is 270 g/mol. The highest BCUT2D eigenvalue weighted by Gasteiger charge is 2.10. The first-order valence-corrected chi connectivity index (χ1v) is 6.46. The lowest BCUT2D eigenvalue weighted by Crippen LogP contribution is -2.14. The Balaban J connectivity index is 1.88. The van der Waals surface area contributed by atoms with E-state index in [9.17, 15) is 4.79 Å². The molecule has 2 heterocycles. The Labute approximate surface area is 113 Å². The van der Waals surface area contributed by atoms with Crippen molar-refractivity contribution in [2.45, 2.75) is 0 Å². The Bertz CT molecular complexity index is 753. The number of aromatic nitrogens is 2. The molecule has 94 valence electrons. The van der Waals surface area contributed by atoms with Crippen LogP contribution in [0.2, 0.25) is 0 Å². The third kappa shape index (κ3) is 2.25. The molecule has 0 radical (unpaired) electrons. The summed E-state index contributed by atoms with van der Waals surface area (Å²) in [5.41, 5.74) is 9.91. The van der Waals surface area contributed by atoms with Crippen molar-refractivity contribution in [1.82, 2.24) is 9.97 Å². The van der Waals surface area contributed by atoms with E-state index in [1.165, 1.54) is 23.7 Å². The van der Waals surface area contributed by atoms with Crippen molar-refractivity contribution >= 4 is 38.8 Å². The molecule has 3 N–H and O–H groups in total. The lowest BCUT2D eigenvalue weighted by Gasteiger charge is -2.06. The van der Waals surface area contributed by atoms with E-state index in [1.807, 2.05) is 18.2 Å². The summed E-state index contributed by atoms with van der Waals surface area (Å²) in [6.45, 7) is 0. The van der Waals surface area contributed by atoms with Crippen molar-refractivity contribution in [3.05, 3.63) is 47.7 Å². The number of nitrogen functional groups attached to an aromatic ring is 1. The number of hydrogen-bond donors (Lipinski definition) is 2. The van der Waals surface area contributed by atoms with Gasteiger partial charge in [0.15, 0.2) is 0 Å². The molecule has 1 amide bonds. The molecule has 3 aromatic rings. The van der Waals surface area contributed by atoms with E-state index < -0.39 is 0 Å². The first-order valence-electron chi connectivity index (χ1n) is 5.58. The molecule has 5 nitrogen and oxygen atoms in total. The molecule has 3 rings (SSSR count). The lowest BCUT2D eigenvalue weighted by molar-refractivity contribution is 0.102. The van der Waals surface area contributed by atoms with Crippen LogP contribution >= 0.6 is 11.3 Å². The van der Waals surface area contributed by atoms with Gasteiger partial charge in [0.05, 0.1) is 33.2 Å². The SMILES string of the molecule is Nc1cnccc1C(=O)Nc1ccc2ncsc2c1. The zero-order valence-corrected chi connectivity index (χ0v) is 10.6. The number of pyridine rings is 1. The molecule has 0 aliphatic rings. The van der Waals surface area contributed by atoms with Crippen molar-refractivity contribution in [1.29, 1.82) is 0 Å². The summed E-state index contributed by atoms with van der Waals surface area (Å²) < 4.78 is 1.03. The lowest BCUT2D eigenvalue weighted by atomic mass is 10.2. The normalized spacial score (nSPS) is 10.5. The van der Waals surface area contributed by atoms with Gasteiger partial charge in [-0.2, -0.15) is 0 Å². The van der Waals surface area contributed by atoms with Crippen LogP contribution in [0.15, 0.2) is 42.2 Å². The molecule has 0 bridgehead atoms. The topological polar surface area (TPSA) is 80.9 Å². The third-order valence-corrected chi connectivity index (χ3v) is 3.48. The van der Waals surface area contributed by atoms with Gasteiger partial charge in [0, 0.05) is 11.9 Å². The van der Waals surface area contributed by atoms with Crippen molar-refractivity contribution in [3.63, 3.8) is 0 Å². The summed E-state index contributed by atoms with van der Waals surface area (Å²) in [5, 5.41) is 2.81. The van der Waals surface area contributed by atoms with E-state index in [2.05, 4.69) is 15.3 Å². The van der Waals surface area contributed by atoms with Crippen LogP contribution in [0.25, 0.3) is 10.2 Å². The summed E-state index contributed by atoms with van der Waals surface area (Å²) in [6, 6.07) is 7.17. The maximum atomic E-state index is 12.1. The quantitative estimate of drug-likeness (QED) is 0.749. The number of nitrogens with zero attached hydrogens (tertiary/aromatic N) is 2. The molecule has 0 fully saturated rings. The van der Waals surface area contributed by atoms with Gasteiger partial charge in [0.2, 0.25) is 0 Å². The van der Waals surface area contributed by atoms with Gasteiger partial charge in [0.1, 0.15) is 0 Å². The first-order chi connectivity index (χ1) is 9.24. The van der Waals surface area contributed by atoms with Crippen LogP contribution in [0.4, 0.5) is 11.4 Å². The maximum Gasteiger partial charge on any atom is 0.257 e. The summed E-state index contributed by atoms with van der Waals surface area (Å²) in [5.74, 6) is -0.247. The van der Waals surface area contributed by atoms with Crippen molar-refractivity contribution in [3.8, 4) is 0 Å². The number of fused-ring (bicyclic) bond motifs is 1. The molecule has 0 atom stereocenters. The number of hydrogen-bond acceptors (Lipinski definition) is 5. The van der Waals surface area contributed by atoms with E-state index in [4.69, 9.17) is 5.73 Å². The van der Waals surface area contributed by atoms with E-state index in [1.54, 1.807) is 11.6 Å². The molecule has 0 aliphatic carbocycles. The number of carbonyl (C=O) groups excluding carboxylic acids is 1. The minimum absolute atomic E-state index is 0.247. The Morgan fingerprint density at radius 3 is 3.05 bits per heavy atom. The van der Waals surface area contributed by atoms with Gasteiger partial charge in [0.25, 0.3) is 5.91 Å². The Hall–Kier alpha value is -2.47. The molecule has 6 heteroatoms. The fourth-order valence-electron chi connectivity index (χ4n) is 1.74. The Kier molecular flexibility index (Phi) is 2.85. The van der Waals surface area contributed by atoms with Gasteiger partial charge in [-0.1, -0.05) is 0 Å². The van der Waals surface area contributed by atoms with Gasteiger partial charge in [-0.15, -0.1) is 11.3 Å². The minimum atomic E-state index is -0.247. The summed E-state index contributed by atoms with van der Waals surface area (Å²) in [4.78, 5) is 20.1. The van der Waals surface area contributed by atoms with Gasteiger partial charge in [-0.25, -0.2) is 4.98 Å². The number of amides is 1. The largest absolute Gasteiger partial charge is 0.397 e. The first kappa shape index (κ1) is 11.6. The summed E-state index contributed by atoms with van der Waals surface area (Å²) in [7, 11) is 0. The van der Waals surface area contributed by atoms with Crippen LogP contribution in [0.3, 0.4) is 0 Å². The molecule has 0 spiro atoms. The van der Waals surface area contributed by atoms with E-state index in [0.29, 0.717) is 11.3 Å². The highest BCUT2D eigenvalue weighted by atomic mass is 32.1. The van der Waals surface area contributed by atoms with Crippen LogP contribution in [-0.4, -0.2) is 15.9 Å². The number of benzene rings is 1. The smallest absolute Gasteiger partial charge is 0.257 e. The van der Waals surface area contributed by atoms with Crippen LogP contribution in [0.1, 0.15) is 10.4 Å². The van der Waals surface area contributed by atoms with Gasteiger partial charge >= 0.3 is 0 Å². The molecule has 0 aliphatic heterocycles. The maximum absolute atomic E-state index is 12.1. The van der Waals surface area contributed by atoms with Crippen LogP contribution < -0.4 is 11.1 Å². The molecule has 0 saturated carbocycles. The van der Waals surface area contributed by atoms with Crippen LogP contribution in [0.5, 0.6) is 0 Å². The number of rotatable bonds is 2. The molecule has 0 unspecified atom stereocenters. The number of thiazole rings is 1. The van der Waals surface area contributed by atoms with Crippen molar-refractivity contribution in [2.24, 2.45) is 0 Å². The highest BCUT2D eigenvalue weighted by Crippen LogP contribution is 2.22. The van der Waals surface area contributed by atoms with Crippen molar-refractivity contribution < 1.29 is 4.79 Å². The second-order valence-corrected chi connectivity index (χ2v) is 4.84. The van der Waals surface area contributed by atoms with Crippen LogP contribution in [-0.2, 0) is 0 Å². The monoisotopic (exact) mass is 270 g/mol. The molecular formula is C13H10N4OS. The number of anilines is 2. The van der Waals surface area contributed by atoms with E-state index in [-0.39, 0.29) is 5.91 Å². The van der Waals surface area contributed by atoms with Gasteiger partial charge < -0.3 is 11.1 Å². The number of carbonyl (C=O) groups is 1. The van der Waals surface area contributed by atoms with Crippen LogP contribution in [0, 0.1) is 0 Å². The predicted octanol–water partition coefficient (Wildman–Crippen LogP) is 2.53. The Morgan fingerprint density at radius 2 is 2.21 bits per heavy atom. The number of nitrogens with one attached hydrogen (secondary N) is 1. The van der Waals surface area contributed by atoms with Gasteiger partial charge in [-0.05, 0) is 24.3 Å². The third-order valence-electron chi connectivity index (χ3n) is 2.69. The fraction of sp³-hybridized carbons (Fsp3) is 0. The zero-order chi connectivity index (χ0) is 13.2. The van der Waals surface area contributed by atoms with E-state index >= 15 is 0 Å². The molecule has 1 aromatic carbocycles. The summed E-state index contributed by atoms with van der Waals surface area (Å²) in [6.07, 6.45) is 3.00. The zero-order valence-electron chi connectivity index (χ0n) is 9.83. The molecular weight excluding hydrogens is 260 g/mol. The fourth-order valence-corrected chi connectivity index (χ4v) is 2.46.